The van der Waals surface area contributed by atoms with Gasteiger partial charge in [-0.2, -0.15) is 0 Å². The Morgan fingerprint density at radius 2 is 1.58 bits per heavy atom. The molecule has 4 aromatic rings. The van der Waals surface area contributed by atoms with Crippen LogP contribution in [0.3, 0.4) is 0 Å². The zero-order valence-electron chi connectivity index (χ0n) is 20.6. The Labute approximate surface area is 209 Å². The van der Waals surface area contributed by atoms with Crippen molar-refractivity contribution >= 4 is 22.6 Å². The molecule has 2 N–H and O–H groups in total. The number of nitrogens with one attached hydrogen (secondary N) is 2. The molecule has 0 fully saturated rings. The molecule has 0 aliphatic rings. The minimum Gasteiger partial charge on any atom is -0.497 e. The molecular weight excluding hydrogens is 454 g/mol. The van der Waals surface area contributed by atoms with Crippen molar-refractivity contribution in [2.24, 2.45) is 0 Å². The van der Waals surface area contributed by atoms with Gasteiger partial charge in [0.25, 0.3) is 11.8 Å². The van der Waals surface area contributed by atoms with Crippen LogP contribution in [0.2, 0.25) is 0 Å². The van der Waals surface area contributed by atoms with Gasteiger partial charge in [-0.25, -0.2) is 0 Å². The van der Waals surface area contributed by atoms with Crippen LogP contribution in [0.5, 0.6) is 5.75 Å². The number of benzene rings is 3. The van der Waals surface area contributed by atoms with E-state index >= 15 is 0 Å². The molecule has 0 saturated heterocycles. The summed E-state index contributed by atoms with van der Waals surface area (Å²) in [5.74, 6) is -0.261. The highest BCUT2D eigenvalue weighted by Crippen LogP contribution is 2.24. The highest BCUT2D eigenvalue weighted by molar-refractivity contribution is 5.99. The molecule has 1 atom stereocenters. The van der Waals surface area contributed by atoms with Gasteiger partial charge in [-0.15, -0.1) is 0 Å². The van der Waals surface area contributed by atoms with E-state index in [9.17, 15) is 14.4 Å². The molecule has 0 aliphatic heterocycles. The SMILES string of the molecule is CCNC(=O)c1cn(Cc2ccccc2)cc(C(=O)N[C@@H](C)c2ccc3cc(OC)ccc3c2)c1=O. The van der Waals surface area contributed by atoms with E-state index in [2.05, 4.69) is 10.6 Å². The molecular formula is C29H29N3O4. The quantitative estimate of drug-likeness (QED) is 0.391. The number of aromatic nitrogens is 1. The summed E-state index contributed by atoms with van der Waals surface area (Å²) in [7, 11) is 1.63. The van der Waals surface area contributed by atoms with Crippen LogP contribution in [0.25, 0.3) is 10.8 Å². The fraction of sp³-hybridized carbons (Fsp3) is 0.207. The largest absolute Gasteiger partial charge is 0.497 e. The van der Waals surface area contributed by atoms with Crippen LogP contribution in [-0.2, 0) is 6.54 Å². The van der Waals surface area contributed by atoms with Crippen LogP contribution in [0.15, 0.2) is 83.9 Å². The maximum atomic E-state index is 13.3. The number of methoxy groups -OCH3 is 1. The normalized spacial score (nSPS) is 11.6. The van der Waals surface area contributed by atoms with E-state index in [1.807, 2.05) is 73.7 Å². The predicted octanol–water partition coefficient (Wildman–Crippen LogP) is 4.30. The second-order valence-corrected chi connectivity index (χ2v) is 8.60. The average Bonchev–Trinajstić information content (AvgIpc) is 2.89. The number of carbonyl (C=O) groups excluding carboxylic acids is 2. The standard InChI is InChI=1S/C29H29N3O4/c1-4-30-28(34)25-17-32(16-20-8-6-5-7-9-20)18-26(27(25)33)29(35)31-19(2)21-10-11-23-15-24(36-3)13-12-22(23)14-21/h5-15,17-19H,4,16H2,1-3H3,(H,30,34)(H,31,35)/t19-/m0/s1. The van der Waals surface area contributed by atoms with E-state index < -0.39 is 17.2 Å². The van der Waals surface area contributed by atoms with Crippen molar-refractivity contribution in [3.05, 3.63) is 112 Å². The zero-order valence-corrected chi connectivity index (χ0v) is 20.6. The highest BCUT2D eigenvalue weighted by atomic mass is 16.5. The summed E-state index contributed by atoms with van der Waals surface area (Å²) < 4.78 is 6.98. The average molecular weight is 484 g/mol. The minimum absolute atomic E-state index is 0.0623. The molecule has 0 spiro atoms. The molecule has 0 unspecified atom stereocenters. The lowest BCUT2D eigenvalue weighted by atomic mass is 10.0. The van der Waals surface area contributed by atoms with Crippen molar-refractivity contribution in [3.8, 4) is 5.75 Å². The molecule has 2 amide bonds. The Morgan fingerprint density at radius 3 is 2.28 bits per heavy atom. The van der Waals surface area contributed by atoms with E-state index in [-0.39, 0.29) is 17.2 Å². The van der Waals surface area contributed by atoms with Crippen LogP contribution in [-0.4, -0.2) is 30.0 Å². The highest BCUT2D eigenvalue weighted by Gasteiger charge is 2.21. The molecule has 1 aromatic heterocycles. The summed E-state index contributed by atoms with van der Waals surface area (Å²) in [5, 5.41) is 7.61. The van der Waals surface area contributed by atoms with Crippen molar-refractivity contribution in [1.82, 2.24) is 15.2 Å². The van der Waals surface area contributed by atoms with Crippen molar-refractivity contribution in [3.63, 3.8) is 0 Å². The molecule has 0 bridgehead atoms. The van der Waals surface area contributed by atoms with Crippen molar-refractivity contribution in [2.45, 2.75) is 26.4 Å². The molecule has 1 heterocycles. The van der Waals surface area contributed by atoms with E-state index in [4.69, 9.17) is 4.74 Å². The Morgan fingerprint density at radius 1 is 0.917 bits per heavy atom. The first-order valence-corrected chi connectivity index (χ1v) is 11.8. The molecule has 7 heteroatoms. The van der Waals surface area contributed by atoms with Gasteiger partial charge in [-0.1, -0.05) is 48.5 Å². The molecule has 36 heavy (non-hydrogen) atoms. The number of ether oxygens (including phenoxy) is 1. The van der Waals surface area contributed by atoms with Gasteiger partial charge in [0.1, 0.15) is 16.9 Å². The summed E-state index contributed by atoms with van der Waals surface area (Å²) in [4.78, 5) is 39.0. The summed E-state index contributed by atoms with van der Waals surface area (Å²) in [6, 6.07) is 21.0. The lowest BCUT2D eigenvalue weighted by Crippen LogP contribution is -2.36. The maximum Gasteiger partial charge on any atom is 0.257 e. The Balaban J connectivity index is 1.63. The van der Waals surface area contributed by atoms with Crippen LogP contribution in [0.1, 0.15) is 51.7 Å². The van der Waals surface area contributed by atoms with Crippen LogP contribution < -0.4 is 20.8 Å². The van der Waals surface area contributed by atoms with E-state index in [1.165, 1.54) is 12.4 Å². The first-order valence-electron chi connectivity index (χ1n) is 11.8. The second-order valence-electron chi connectivity index (χ2n) is 8.60. The van der Waals surface area contributed by atoms with Gasteiger partial charge < -0.3 is 19.9 Å². The van der Waals surface area contributed by atoms with Gasteiger partial charge in [0.2, 0.25) is 5.43 Å². The van der Waals surface area contributed by atoms with Gasteiger partial charge in [-0.3, -0.25) is 14.4 Å². The van der Waals surface area contributed by atoms with Crippen LogP contribution >= 0.6 is 0 Å². The Kier molecular flexibility index (Phi) is 7.49. The number of amides is 2. The zero-order chi connectivity index (χ0) is 25.7. The molecule has 7 nitrogen and oxygen atoms in total. The number of rotatable bonds is 8. The third kappa shape index (κ3) is 5.46. The van der Waals surface area contributed by atoms with E-state index in [0.29, 0.717) is 13.1 Å². The predicted molar refractivity (Wildman–Crippen MR) is 141 cm³/mol. The number of hydrogen-bond acceptors (Lipinski definition) is 4. The molecule has 0 radical (unpaired) electrons. The van der Waals surface area contributed by atoms with Gasteiger partial charge in [0, 0.05) is 25.5 Å². The first-order chi connectivity index (χ1) is 17.4. The fourth-order valence-corrected chi connectivity index (χ4v) is 4.09. The maximum absolute atomic E-state index is 13.3. The third-order valence-electron chi connectivity index (χ3n) is 6.03. The minimum atomic E-state index is -0.597. The van der Waals surface area contributed by atoms with Gasteiger partial charge >= 0.3 is 0 Å². The summed E-state index contributed by atoms with van der Waals surface area (Å²) >= 11 is 0. The lowest BCUT2D eigenvalue weighted by Gasteiger charge is -2.17. The van der Waals surface area contributed by atoms with Gasteiger partial charge in [0.15, 0.2) is 0 Å². The molecule has 3 aromatic carbocycles. The van der Waals surface area contributed by atoms with E-state index in [1.54, 1.807) is 18.6 Å². The first kappa shape index (κ1) is 24.7. The smallest absolute Gasteiger partial charge is 0.257 e. The molecule has 4 rings (SSSR count). The summed E-state index contributed by atoms with van der Waals surface area (Å²) in [5.41, 5.74) is 1.14. The molecule has 0 saturated carbocycles. The Bertz CT molecular complexity index is 1460. The van der Waals surface area contributed by atoms with Crippen LogP contribution in [0.4, 0.5) is 0 Å². The second kappa shape index (κ2) is 10.9. The number of fused-ring (bicyclic) bond motifs is 1. The fourth-order valence-electron chi connectivity index (χ4n) is 4.09. The van der Waals surface area contributed by atoms with Crippen molar-refractivity contribution in [2.75, 3.05) is 13.7 Å². The monoisotopic (exact) mass is 483 g/mol. The lowest BCUT2D eigenvalue weighted by molar-refractivity contribution is 0.0938. The third-order valence-corrected chi connectivity index (χ3v) is 6.03. The number of carbonyl (C=O) groups is 2. The van der Waals surface area contributed by atoms with Gasteiger partial charge in [0.05, 0.1) is 13.2 Å². The number of pyridine rings is 1. The van der Waals surface area contributed by atoms with Crippen molar-refractivity contribution < 1.29 is 14.3 Å². The number of nitrogens with zero attached hydrogens (tertiary/aromatic N) is 1. The van der Waals surface area contributed by atoms with Gasteiger partial charge in [-0.05, 0) is 53.9 Å². The van der Waals surface area contributed by atoms with Crippen LogP contribution in [0, 0.1) is 0 Å². The summed E-state index contributed by atoms with van der Waals surface area (Å²) in [6.07, 6.45) is 3.00. The molecule has 184 valence electrons. The van der Waals surface area contributed by atoms with E-state index in [0.717, 1.165) is 27.6 Å². The molecule has 0 aliphatic carbocycles. The Hall–Kier alpha value is -4.39. The topological polar surface area (TPSA) is 89.4 Å². The summed E-state index contributed by atoms with van der Waals surface area (Å²) in [6.45, 7) is 4.42. The van der Waals surface area contributed by atoms with Crippen molar-refractivity contribution in [1.29, 1.82) is 0 Å². The number of hydrogen-bond donors (Lipinski definition) is 2.